The van der Waals surface area contributed by atoms with Crippen LogP contribution in [-0.2, 0) is 31.1 Å². The molecule has 0 aliphatic rings. The molecular formula is C14H17BrF3N5O. The number of aromatic nitrogens is 4. The van der Waals surface area contributed by atoms with E-state index in [0.717, 1.165) is 5.69 Å². The Morgan fingerprint density at radius 1 is 1.42 bits per heavy atom. The van der Waals surface area contributed by atoms with Crippen LogP contribution in [0.5, 0.6) is 0 Å². The van der Waals surface area contributed by atoms with Crippen molar-refractivity contribution < 1.29 is 18.0 Å². The van der Waals surface area contributed by atoms with E-state index in [1.807, 2.05) is 0 Å². The Labute approximate surface area is 145 Å². The maximum Gasteiger partial charge on any atom is 0.436 e. The van der Waals surface area contributed by atoms with Gasteiger partial charge >= 0.3 is 6.18 Å². The van der Waals surface area contributed by atoms with Gasteiger partial charge in [0.05, 0.1) is 29.0 Å². The van der Waals surface area contributed by atoms with Gasteiger partial charge in [-0.15, -0.1) is 0 Å². The van der Waals surface area contributed by atoms with E-state index in [2.05, 4.69) is 26.1 Å². The number of alkyl halides is 3. The Morgan fingerprint density at radius 2 is 2.08 bits per heavy atom. The first-order valence-electron chi connectivity index (χ1n) is 7.12. The molecule has 2 aromatic heterocycles. The Bertz CT molecular complexity index is 737. The van der Waals surface area contributed by atoms with Gasteiger partial charge in [0.2, 0.25) is 5.91 Å². The molecule has 0 saturated heterocycles. The van der Waals surface area contributed by atoms with E-state index in [1.54, 1.807) is 31.0 Å². The summed E-state index contributed by atoms with van der Waals surface area (Å²) in [5.41, 5.74) is 0.225. The number of hydrogen-bond donors (Lipinski definition) is 0. The zero-order valence-electron chi connectivity index (χ0n) is 13.4. The number of hydrogen-bond acceptors (Lipinski definition) is 3. The van der Waals surface area contributed by atoms with E-state index in [1.165, 1.54) is 16.5 Å². The van der Waals surface area contributed by atoms with Gasteiger partial charge in [-0.25, -0.2) is 0 Å². The normalized spacial score (nSPS) is 11.8. The summed E-state index contributed by atoms with van der Waals surface area (Å²) < 4.78 is 41.3. The molecule has 0 unspecified atom stereocenters. The summed E-state index contributed by atoms with van der Waals surface area (Å²) >= 11 is 2.91. The van der Waals surface area contributed by atoms with Crippen LogP contribution in [0.2, 0.25) is 0 Å². The summed E-state index contributed by atoms with van der Waals surface area (Å²) in [7, 11) is 3.42. The summed E-state index contributed by atoms with van der Waals surface area (Å²) in [4.78, 5) is 13.7. The van der Waals surface area contributed by atoms with Gasteiger partial charge in [0.1, 0.15) is 0 Å². The van der Waals surface area contributed by atoms with Gasteiger partial charge in [-0.2, -0.15) is 23.4 Å². The highest BCUT2D eigenvalue weighted by Gasteiger charge is 2.37. The van der Waals surface area contributed by atoms with E-state index in [0.29, 0.717) is 12.2 Å². The van der Waals surface area contributed by atoms with E-state index < -0.39 is 11.9 Å². The van der Waals surface area contributed by atoms with Gasteiger partial charge in [-0.05, 0) is 28.9 Å². The molecule has 6 nitrogen and oxygen atoms in total. The molecule has 0 radical (unpaired) electrons. The Morgan fingerprint density at radius 3 is 2.58 bits per heavy atom. The molecule has 10 heteroatoms. The average Bonchev–Trinajstić information content (AvgIpc) is 3.01. The Hall–Kier alpha value is -1.84. The lowest BCUT2D eigenvalue weighted by atomic mass is 10.3. The number of halogens is 4. The molecule has 0 aliphatic heterocycles. The fourth-order valence-corrected chi connectivity index (χ4v) is 2.71. The molecule has 0 aliphatic carbocycles. The van der Waals surface area contributed by atoms with Crippen LogP contribution in [0, 0.1) is 6.92 Å². The maximum atomic E-state index is 12.8. The fourth-order valence-electron chi connectivity index (χ4n) is 2.20. The molecule has 0 aromatic carbocycles. The monoisotopic (exact) mass is 407 g/mol. The van der Waals surface area contributed by atoms with Crippen LogP contribution in [0.3, 0.4) is 0 Å². The minimum Gasteiger partial charge on any atom is -0.340 e. The number of carbonyl (C=O) groups excluding carboxylic acids is 1. The molecule has 0 bridgehead atoms. The third-order valence-corrected chi connectivity index (χ3v) is 4.64. The van der Waals surface area contributed by atoms with Gasteiger partial charge in [-0.3, -0.25) is 14.2 Å². The van der Waals surface area contributed by atoms with Crippen molar-refractivity contribution in [1.82, 2.24) is 24.5 Å². The van der Waals surface area contributed by atoms with Gasteiger partial charge in [0.15, 0.2) is 5.69 Å². The second kappa shape index (κ2) is 6.96. The SMILES string of the molecule is Cc1c(Br)c(C(F)(F)F)nn1CCC(=O)N(C)Cc1ccnn1C. The summed E-state index contributed by atoms with van der Waals surface area (Å²) in [6.07, 6.45) is -2.84. The third kappa shape index (κ3) is 3.97. The summed E-state index contributed by atoms with van der Waals surface area (Å²) in [5.74, 6) is -0.184. The molecule has 0 atom stereocenters. The highest BCUT2D eigenvalue weighted by Crippen LogP contribution is 2.35. The zero-order chi connectivity index (χ0) is 18.1. The van der Waals surface area contributed by atoms with Gasteiger partial charge in [-0.1, -0.05) is 0 Å². The highest BCUT2D eigenvalue weighted by molar-refractivity contribution is 9.10. The first kappa shape index (κ1) is 18.5. The lowest BCUT2D eigenvalue weighted by Crippen LogP contribution is -2.28. The molecule has 0 N–H and O–H groups in total. The number of carbonyl (C=O) groups is 1. The zero-order valence-corrected chi connectivity index (χ0v) is 15.0. The minimum atomic E-state index is -4.53. The van der Waals surface area contributed by atoms with Gasteiger partial charge < -0.3 is 4.90 Å². The predicted molar refractivity (Wildman–Crippen MR) is 84.0 cm³/mol. The van der Waals surface area contributed by atoms with Crippen molar-refractivity contribution in [2.45, 2.75) is 32.6 Å². The second-order valence-corrected chi connectivity index (χ2v) is 6.21. The van der Waals surface area contributed by atoms with E-state index in [9.17, 15) is 18.0 Å². The predicted octanol–water partition coefficient (Wildman–Crippen LogP) is 2.76. The molecule has 0 saturated carbocycles. The quantitative estimate of drug-likeness (QED) is 0.765. The van der Waals surface area contributed by atoms with Crippen molar-refractivity contribution in [3.05, 3.63) is 33.8 Å². The first-order valence-corrected chi connectivity index (χ1v) is 7.91. The smallest absolute Gasteiger partial charge is 0.340 e. The lowest BCUT2D eigenvalue weighted by molar-refractivity contribution is -0.142. The van der Waals surface area contributed by atoms with Crippen LogP contribution in [0.25, 0.3) is 0 Å². The maximum absolute atomic E-state index is 12.8. The molecule has 24 heavy (non-hydrogen) atoms. The van der Waals surface area contributed by atoms with E-state index in [-0.39, 0.29) is 23.3 Å². The van der Waals surface area contributed by atoms with Crippen LogP contribution in [0.1, 0.15) is 23.5 Å². The molecule has 1 amide bonds. The number of amides is 1. The van der Waals surface area contributed by atoms with Crippen molar-refractivity contribution in [3.8, 4) is 0 Å². The minimum absolute atomic E-state index is 0.0562. The molecule has 0 fully saturated rings. The number of nitrogens with zero attached hydrogens (tertiary/aromatic N) is 5. The van der Waals surface area contributed by atoms with Gasteiger partial charge in [0.25, 0.3) is 0 Å². The van der Waals surface area contributed by atoms with Crippen LogP contribution < -0.4 is 0 Å². The lowest BCUT2D eigenvalue weighted by Gasteiger charge is -2.17. The standard InChI is InChI=1S/C14H17BrF3N5O/c1-9-12(15)13(14(16,17)18)20-23(9)7-5-11(24)21(2)8-10-4-6-19-22(10)3/h4,6H,5,7-8H2,1-3H3. The summed E-state index contributed by atoms with van der Waals surface area (Å²) in [6.45, 7) is 1.98. The Kier molecular flexibility index (Phi) is 5.36. The first-order chi connectivity index (χ1) is 11.1. The van der Waals surface area contributed by atoms with Crippen molar-refractivity contribution in [1.29, 1.82) is 0 Å². The van der Waals surface area contributed by atoms with Crippen molar-refractivity contribution >= 4 is 21.8 Å². The van der Waals surface area contributed by atoms with E-state index >= 15 is 0 Å². The van der Waals surface area contributed by atoms with E-state index in [4.69, 9.17) is 0 Å². The average molecular weight is 408 g/mol. The van der Waals surface area contributed by atoms with Gasteiger partial charge in [0, 0.05) is 26.7 Å². The third-order valence-electron chi connectivity index (χ3n) is 3.69. The second-order valence-electron chi connectivity index (χ2n) is 5.41. The Balaban J connectivity index is 2.00. The molecule has 132 valence electrons. The van der Waals surface area contributed by atoms with Crippen molar-refractivity contribution in [2.24, 2.45) is 7.05 Å². The summed E-state index contributed by atoms with van der Waals surface area (Å²) in [5, 5.41) is 7.58. The van der Waals surface area contributed by atoms with Crippen molar-refractivity contribution in [3.63, 3.8) is 0 Å². The van der Waals surface area contributed by atoms with Crippen LogP contribution in [0.4, 0.5) is 13.2 Å². The summed E-state index contributed by atoms with van der Waals surface area (Å²) in [6, 6.07) is 1.80. The molecule has 2 heterocycles. The molecule has 2 rings (SSSR count). The van der Waals surface area contributed by atoms with Crippen LogP contribution in [0.15, 0.2) is 16.7 Å². The fraction of sp³-hybridized carbons (Fsp3) is 0.500. The molecule has 2 aromatic rings. The van der Waals surface area contributed by atoms with Crippen molar-refractivity contribution in [2.75, 3.05) is 7.05 Å². The number of aryl methyl sites for hydroxylation is 2. The van der Waals surface area contributed by atoms with Crippen LogP contribution in [-0.4, -0.2) is 37.4 Å². The number of rotatable bonds is 5. The molecular weight excluding hydrogens is 391 g/mol. The largest absolute Gasteiger partial charge is 0.436 e. The topological polar surface area (TPSA) is 56.0 Å². The van der Waals surface area contributed by atoms with Crippen LogP contribution >= 0.6 is 15.9 Å². The highest BCUT2D eigenvalue weighted by atomic mass is 79.9. The molecule has 0 spiro atoms.